The van der Waals surface area contributed by atoms with Gasteiger partial charge < -0.3 is 9.84 Å². The van der Waals surface area contributed by atoms with Gasteiger partial charge in [0.15, 0.2) is 5.13 Å². The fourth-order valence-corrected chi connectivity index (χ4v) is 5.25. The first-order chi connectivity index (χ1) is 17.6. The molecule has 0 radical (unpaired) electrons. The Balaban J connectivity index is 1.55. The SMILES string of the molecule is CCCCCOc1ccc(/C(O)=C2\C(=O)C(=O)N(c3nc4ccccc4s3)C2c2ccncc2)cc1. The van der Waals surface area contributed by atoms with Gasteiger partial charge in [-0.15, -0.1) is 0 Å². The number of anilines is 1. The van der Waals surface area contributed by atoms with Crippen molar-refractivity contribution in [2.24, 2.45) is 0 Å². The Kier molecular flexibility index (Phi) is 6.77. The first kappa shape index (κ1) is 23.7. The summed E-state index contributed by atoms with van der Waals surface area (Å²) in [5.41, 5.74) is 1.84. The summed E-state index contributed by atoms with van der Waals surface area (Å²) in [6.07, 6.45) is 6.38. The standard InChI is InChI=1S/C28H25N3O4S/c1-2-3-6-17-35-20-11-9-19(10-12-20)25(32)23-24(18-13-15-29-16-14-18)31(27(34)26(23)33)28-30-21-7-4-5-8-22(21)36-28/h4-5,7-16,24,32H,2-3,6,17H2,1H3/b25-23+. The number of rotatable bonds is 8. The molecule has 4 aromatic rings. The number of para-hydroxylation sites is 1. The van der Waals surface area contributed by atoms with Crippen molar-refractivity contribution in [1.82, 2.24) is 9.97 Å². The third kappa shape index (κ3) is 4.47. The molecule has 3 heterocycles. The van der Waals surface area contributed by atoms with E-state index in [0.29, 0.717) is 28.6 Å². The van der Waals surface area contributed by atoms with Crippen LogP contribution in [0, 0.1) is 0 Å². The average Bonchev–Trinajstić information content (AvgIpc) is 3.45. The Morgan fingerprint density at radius 2 is 1.78 bits per heavy atom. The van der Waals surface area contributed by atoms with Crippen LogP contribution in [0.25, 0.3) is 16.0 Å². The molecule has 182 valence electrons. The third-order valence-corrected chi connectivity index (χ3v) is 7.14. The van der Waals surface area contributed by atoms with E-state index in [1.165, 1.54) is 16.2 Å². The minimum Gasteiger partial charge on any atom is -0.507 e. The molecule has 0 spiro atoms. The van der Waals surface area contributed by atoms with Gasteiger partial charge in [0.1, 0.15) is 11.5 Å². The normalized spacial score (nSPS) is 17.1. The zero-order valence-corrected chi connectivity index (χ0v) is 20.6. The van der Waals surface area contributed by atoms with Crippen LogP contribution in [-0.4, -0.2) is 33.4 Å². The van der Waals surface area contributed by atoms with Gasteiger partial charge in [0, 0.05) is 18.0 Å². The molecule has 2 aromatic heterocycles. The van der Waals surface area contributed by atoms with Crippen molar-refractivity contribution in [3.63, 3.8) is 0 Å². The van der Waals surface area contributed by atoms with Gasteiger partial charge in [0.05, 0.1) is 28.4 Å². The average molecular weight is 500 g/mol. The molecule has 1 fully saturated rings. The summed E-state index contributed by atoms with van der Waals surface area (Å²) in [5.74, 6) is -1.04. The number of fused-ring (bicyclic) bond motifs is 1. The largest absolute Gasteiger partial charge is 0.507 e. The Bertz CT molecular complexity index is 1400. The van der Waals surface area contributed by atoms with Crippen LogP contribution in [0.1, 0.15) is 43.4 Å². The number of unbranched alkanes of at least 4 members (excludes halogenated alkanes) is 2. The fraction of sp³-hybridized carbons (Fsp3) is 0.214. The lowest BCUT2D eigenvalue weighted by Gasteiger charge is -2.22. The molecule has 1 aliphatic heterocycles. The Morgan fingerprint density at radius 3 is 2.50 bits per heavy atom. The number of aliphatic hydroxyl groups excluding tert-OH is 1. The zero-order chi connectivity index (χ0) is 25.1. The summed E-state index contributed by atoms with van der Waals surface area (Å²) in [5, 5.41) is 11.7. The van der Waals surface area contributed by atoms with Crippen LogP contribution < -0.4 is 9.64 Å². The predicted molar refractivity (Wildman–Crippen MR) is 140 cm³/mol. The van der Waals surface area contributed by atoms with Crippen molar-refractivity contribution in [3.05, 3.63) is 89.8 Å². The first-order valence-corrected chi connectivity index (χ1v) is 12.7. The number of benzene rings is 2. The molecule has 1 unspecified atom stereocenters. The zero-order valence-electron chi connectivity index (χ0n) is 19.8. The number of thiazole rings is 1. The van der Waals surface area contributed by atoms with Crippen molar-refractivity contribution >= 4 is 44.1 Å². The van der Waals surface area contributed by atoms with Gasteiger partial charge in [-0.05, 0) is 60.5 Å². The number of aromatic nitrogens is 2. The minimum atomic E-state index is -0.835. The highest BCUT2D eigenvalue weighted by atomic mass is 32.1. The van der Waals surface area contributed by atoms with Gasteiger partial charge in [0.25, 0.3) is 5.78 Å². The molecule has 1 atom stereocenters. The van der Waals surface area contributed by atoms with Crippen molar-refractivity contribution < 1.29 is 19.4 Å². The molecule has 1 N–H and O–H groups in total. The maximum absolute atomic E-state index is 13.3. The molecular weight excluding hydrogens is 474 g/mol. The topological polar surface area (TPSA) is 92.6 Å². The van der Waals surface area contributed by atoms with Gasteiger partial charge in [-0.25, -0.2) is 4.98 Å². The summed E-state index contributed by atoms with van der Waals surface area (Å²) < 4.78 is 6.66. The van der Waals surface area contributed by atoms with E-state index in [9.17, 15) is 14.7 Å². The summed E-state index contributed by atoms with van der Waals surface area (Å²) in [6, 6.07) is 17.1. The van der Waals surface area contributed by atoms with Crippen molar-refractivity contribution in [2.75, 3.05) is 11.5 Å². The van der Waals surface area contributed by atoms with Crippen LogP contribution in [0.3, 0.4) is 0 Å². The van der Waals surface area contributed by atoms with Gasteiger partial charge in [-0.1, -0.05) is 43.2 Å². The van der Waals surface area contributed by atoms with Gasteiger partial charge in [-0.2, -0.15) is 0 Å². The number of aliphatic hydroxyl groups is 1. The highest BCUT2D eigenvalue weighted by Gasteiger charge is 2.48. The lowest BCUT2D eigenvalue weighted by atomic mass is 9.96. The molecule has 36 heavy (non-hydrogen) atoms. The van der Waals surface area contributed by atoms with E-state index in [-0.39, 0.29) is 11.3 Å². The van der Waals surface area contributed by atoms with E-state index >= 15 is 0 Å². The number of ketones is 1. The number of hydrogen-bond donors (Lipinski definition) is 1. The number of amides is 1. The Morgan fingerprint density at radius 1 is 1.03 bits per heavy atom. The third-order valence-electron chi connectivity index (χ3n) is 6.10. The summed E-state index contributed by atoms with van der Waals surface area (Å²) in [6.45, 7) is 2.76. The maximum atomic E-state index is 13.3. The van der Waals surface area contributed by atoms with E-state index < -0.39 is 17.7 Å². The molecule has 1 amide bonds. The predicted octanol–water partition coefficient (Wildman–Crippen LogP) is 5.89. The van der Waals surface area contributed by atoms with Crippen LogP contribution in [0.15, 0.2) is 78.6 Å². The monoisotopic (exact) mass is 499 g/mol. The number of carbonyl (C=O) groups is 2. The number of nitrogens with zero attached hydrogens (tertiary/aromatic N) is 3. The van der Waals surface area contributed by atoms with Crippen LogP contribution in [0.5, 0.6) is 5.75 Å². The highest BCUT2D eigenvalue weighted by Crippen LogP contribution is 2.44. The summed E-state index contributed by atoms with van der Waals surface area (Å²) >= 11 is 1.33. The van der Waals surface area contributed by atoms with Crippen molar-refractivity contribution in [3.8, 4) is 5.75 Å². The van der Waals surface area contributed by atoms with Gasteiger partial charge in [-0.3, -0.25) is 19.5 Å². The van der Waals surface area contributed by atoms with Crippen molar-refractivity contribution in [1.29, 1.82) is 0 Å². The lowest BCUT2D eigenvalue weighted by Crippen LogP contribution is -2.29. The molecule has 0 aliphatic carbocycles. The highest BCUT2D eigenvalue weighted by molar-refractivity contribution is 7.22. The van der Waals surface area contributed by atoms with Crippen LogP contribution in [0.4, 0.5) is 5.13 Å². The molecular formula is C28H25N3O4S. The second-order valence-electron chi connectivity index (χ2n) is 8.49. The first-order valence-electron chi connectivity index (χ1n) is 11.9. The summed E-state index contributed by atoms with van der Waals surface area (Å²) in [4.78, 5) is 36.7. The second-order valence-corrected chi connectivity index (χ2v) is 9.50. The molecule has 0 bridgehead atoms. The van der Waals surface area contributed by atoms with E-state index in [1.54, 1.807) is 48.8 Å². The van der Waals surface area contributed by atoms with E-state index in [4.69, 9.17) is 4.74 Å². The fourth-order valence-electron chi connectivity index (χ4n) is 4.26. The minimum absolute atomic E-state index is 0.0158. The van der Waals surface area contributed by atoms with Gasteiger partial charge in [0.2, 0.25) is 0 Å². The van der Waals surface area contributed by atoms with Crippen molar-refractivity contribution in [2.45, 2.75) is 32.2 Å². The smallest absolute Gasteiger partial charge is 0.301 e. The van der Waals surface area contributed by atoms with Crippen LogP contribution in [0.2, 0.25) is 0 Å². The number of ether oxygens (including phenoxy) is 1. The van der Waals surface area contributed by atoms with Gasteiger partial charge >= 0.3 is 5.91 Å². The second kappa shape index (κ2) is 10.3. The van der Waals surface area contributed by atoms with Crippen LogP contribution >= 0.6 is 11.3 Å². The molecule has 5 rings (SSSR count). The molecule has 1 aliphatic rings. The Labute approximate surface area is 212 Å². The number of pyridine rings is 1. The number of Topliss-reactive ketones (excluding diaryl/α,β-unsaturated/α-hetero) is 1. The molecule has 0 saturated carbocycles. The lowest BCUT2D eigenvalue weighted by molar-refractivity contribution is -0.132. The molecule has 2 aromatic carbocycles. The maximum Gasteiger partial charge on any atom is 0.301 e. The Hall–Kier alpha value is -4.04. The quantitative estimate of drug-likeness (QED) is 0.141. The molecule has 7 nitrogen and oxygen atoms in total. The summed E-state index contributed by atoms with van der Waals surface area (Å²) in [7, 11) is 0. The number of hydrogen-bond acceptors (Lipinski definition) is 7. The number of carbonyl (C=O) groups excluding carboxylic acids is 2. The van der Waals surface area contributed by atoms with Crippen LogP contribution in [-0.2, 0) is 9.59 Å². The van der Waals surface area contributed by atoms with E-state index in [1.807, 2.05) is 24.3 Å². The molecule has 1 saturated heterocycles. The van der Waals surface area contributed by atoms with E-state index in [0.717, 1.165) is 29.5 Å². The molecule has 8 heteroatoms. The van der Waals surface area contributed by atoms with E-state index in [2.05, 4.69) is 16.9 Å².